The molecule has 0 aromatic heterocycles. The molecule has 0 aromatic rings. The molecule has 17 heavy (non-hydrogen) atoms. The number of carbonyl (C=O) groups excluding carboxylic acids is 2. The van der Waals surface area contributed by atoms with Gasteiger partial charge in [0.05, 0.1) is 12.8 Å². The zero-order chi connectivity index (χ0) is 13.0. The molecule has 0 rings (SSSR count). The Morgan fingerprint density at radius 2 is 1.12 bits per heavy atom. The molecule has 0 unspecified atom stereocenters. The quantitative estimate of drug-likeness (QED) is 0.389. The molecular formula is C4H8BaO10S2. The zero-order valence-electron chi connectivity index (χ0n) is 10.1. The van der Waals surface area contributed by atoms with Crippen molar-refractivity contribution in [1.29, 1.82) is 0 Å². The maximum absolute atomic E-state index is 10.5. The van der Waals surface area contributed by atoms with Gasteiger partial charge in [0.1, 0.15) is 0 Å². The second kappa shape index (κ2) is 7.70. The van der Waals surface area contributed by atoms with Crippen molar-refractivity contribution >= 4 is 81.6 Å². The van der Waals surface area contributed by atoms with Crippen LogP contribution in [0.15, 0.2) is 0 Å². The first-order chi connectivity index (χ1) is 6.99. The van der Waals surface area contributed by atoms with E-state index in [2.05, 4.69) is 8.37 Å². The molecule has 0 aromatic carbocycles. The van der Waals surface area contributed by atoms with E-state index in [1.807, 2.05) is 0 Å². The fourth-order valence-electron chi connectivity index (χ4n) is 0.522. The molecule has 10 nitrogen and oxygen atoms in total. The van der Waals surface area contributed by atoms with E-state index >= 15 is 0 Å². The fourth-order valence-corrected chi connectivity index (χ4v) is 1.16. The van der Waals surface area contributed by atoms with Crippen molar-refractivity contribution in [3.63, 3.8) is 0 Å². The second-order valence-corrected chi connectivity index (χ2v) is 4.31. The average Bonchev–Trinajstić information content (AvgIpc) is 1.94. The summed E-state index contributed by atoms with van der Waals surface area (Å²) in [5.74, 6) is -2.98. The Morgan fingerprint density at radius 1 is 0.882 bits per heavy atom. The van der Waals surface area contributed by atoms with Crippen molar-refractivity contribution in [2.24, 2.45) is 0 Å². The van der Waals surface area contributed by atoms with E-state index in [0.29, 0.717) is 0 Å². The van der Waals surface area contributed by atoms with Crippen molar-refractivity contribution in [2.45, 2.75) is 12.8 Å². The minimum atomic E-state index is -4.98. The molecule has 0 aliphatic rings. The summed E-state index contributed by atoms with van der Waals surface area (Å²) in [5.41, 5.74) is 0. The molecule has 2 N–H and O–H groups in total. The van der Waals surface area contributed by atoms with E-state index < -0.39 is 45.6 Å². The van der Waals surface area contributed by atoms with Crippen molar-refractivity contribution in [3.8, 4) is 0 Å². The van der Waals surface area contributed by atoms with Gasteiger partial charge >= 0.3 is 81.6 Å². The van der Waals surface area contributed by atoms with Crippen LogP contribution >= 0.6 is 0 Å². The summed E-state index contributed by atoms with van der Waals surface area (Å²) in [6.07, 6.45) is -1.71. The van der Waals surface area contributed by atoms with Crippen molar-refractivity contribution in [2.75, 3.05) is 0 Å². The van der Waals surface area contributed by atoms with E-state index in [1.165, 1.54) is 0 Å². The summed E-state index contributed by atoms with van der Waals surface area (Å²) in [7, 11) is -9.95. The molecule has 0 saturated heterocycles. The molecule has 0 fully saturated rings. The van der Waals surface area contributed by atoms with Crippen LogP contribution in [-0.4, -0.2) is 86.8 Å². The van der Waals surface area contributed by atoms with Crippen LogP contribution in [0.3, 0.4) is 0 Å². The molecule has 0 heterocycles. The Morgan fingerprint density at radius 3 is 1.29 bits per heavy atom. The Bertz CT molecular complexity index is 438. The van der Waals surface area contributed by atoms with Crippen LogP contribution in [0.5, 0.6) is 0 Å². The van der Waals surface area contributed by atoms with Gasteiger partial charge in [-0.15, -0.1) is 0 Å². The monoisotopic (exact) mass is 418 g/mol. The molecule has 0 saturated carbocycles. The molecule has 0 aliphatic carbocycles. The minimum Gasteiger partial charge on any atom is -1.00 e. The SMILES string of the molecule is O=C(CCC(=O)OS(=O)(=O)O)OS(=O)(=O)O.[Ba+2].[H-].[H-]. The first-order valence-electron chi connectivity index (χ1n) is 3.39. The van der Waals surface area contributed by atoms with Crippen LogP contribution in [0.4, 0.5) is 0 Å². The summed E-state index contributed by atoms with van der Waals surface area (Å²) in [6, 6.07) is 0. The van der Waals surface area contributed by atoms with Crippen molar-refractivity contribution in [3.05, 3.63) is 0 Å². The summed E-state index contributed by atoms with van der Waals surface area (Å²) < 4.78 is 62.7. The van der Waals surface area contributed by atoms with Gasteiger partial charge in [-0.3, -0.25) is 18.7 Å². The number of hydrogen-bond acceptors (Lipinski definition) is 8. The second-order valence-electron chi connectivity index (χ2n) is 2.27. The number of rotatable bonds is 5. The standard InChI is InChI=1S/C4H6O10S2.Ba.2H/c5-3(13-15(7,8)9)1-2-4(6)14-16(10,11)12;;;/h1-2H2,(H,7,8,9)(H,10,11,12);;;/q;+2;2*-1. The molecular weight excluding hydrogens is 409 g/mol. The summed E-state index contributed by atoms with van der Waals surface area (Å²) >= 11 is 0. The van der Waals surface area contributed by atoms with E-state index in [1.54, 1.807) is 0 Å². The number of carbonyl (C=O) groups is 2. The minimum absolute atomic E-state index is 0. The molecule has 0 aliphatic heterocycles. The Hall–Kier alpha value is 0.331. The third-order valence-electron chi connectivity index (χ3n) is 0.930. The Balaban J connectivity index is -0.000000375. The summed E-state index contributed by atoms with van der Waals surface area (Å²) in [4.78, 5) is 21.1. The predicted molar refractivity (Wildman–Crippen MR) is 52.5 cm³/mol. The molecule has 0 spiro atoms. The van der Waals surface area contributed by atoms with Crippen LogP contribution < -0.4 is 0 Å². The van der Waals surface area contributed by atoms with Gasteiger partial charge in [0.25, 0.3) is 0 Å². The zero-order valence-corrected chi connectivity index (χ0v) is 14.2. The summed E-state index contributed by atoms with van der Waals surface area (Å²) in [6.45, 7) is 0. The van der Waals surface area contributed by atoms with Crippen molar-refractivity contribution < 1.29 is 46.7 Å². The van der Waals surface area contributed by atoms with Crippen LogP contribution in [0.2, 0.25) is 0 Å². The van der Waals surface area contributed by atoms with Gasteiger partial charge in [0, 0.05) is 0 Å². The first kappa shape index (κ1) is 19.7. The van der Waals surface area contributed by atoms with Gasteiger partial charge in [0.2, 0.25) is 0 Å². The topological polar surface area (TPSA) is 161 Å². The van der Waals surface area contributed by atoms with Crippen LogP contribution in [-0.2, 0) is 38.8 Å². The third-order valence-corrected chi connectivity index (χ3v) is 1.72. The molecule has 0 amide bonds. The fraction of sp³-hybridized carbons (Fsp3) is 0.500. The van der Waals surface area contributed by atoms with Gasteiger partial charge in [-0.2, -0.15) is 16.8 Å². The molecule has 0 radical (unpaired) electrons. The van der Waals surface area contributed by atoms with Crippen LogP contribution in [0.25, 0.3) is 0 Å². The van der Waals surface area contributed by atoms with Gasteiger partial charge in [-0.25, -0.2) is 0 Å². The van der Waals surface area contributed by atoms with Gasteiger partial charge in [-0.1, -0.05) is 0 Å². The van der Waals surface area contributed by atoms with Gasteiger partial charge in [0.15, 0.2) is 0 Å². The Labute approximate surface area is 140 Å². The van der Waals surface area contributed by atoms with Gasteiger partial charge in [-0.05, 0) is 0 Å². The summed E-state index contributed by atoms with van der Waals surface area (Å²) in [5, 5.41) is 0. The van der Waals surface area contributed by atoms with E-state index in [4.69, 9.17) is 9.11 Å². The third kappa shape index (κ3) is 14.3. The molecule has 0 atom stereocenters. The largest absolute Gasteiger partial charge is 2.00 e. The molecule has 98 valence electrons. The molecule has 13 heteroatoms. The maximum atomic E-state index is 10.5. The number of hydrogen-bond donors (Lipinski definition) is 2. The maximum Gasteiger partial charge on any atom is 2.00 e. The van der Waals surface area contributed by atoms with E-state index in [9.17, 15) is 26.4 Å². The average molecular weight is 418 g/mol. The van der Waals surface area contributed by atoms with E-state index in [0.717, 1.165) is 0 Å². The smallest absolute Gasteiger partial charge is 1.00 e. The van der Waals surface area contributed by atoms with E-state index in [-0.39, 0.29) is 51.7 Å². The molecule has 0 bridgehead atoms. The normalized spacial score (nSPS) is 11.2. The predicted octanol–water partition coefficient (Wildman–Crippen LogP) is -1.70. The van der Waals surface area contributed by atoms with Gasteiger partial charge < -0.3 is 11.2 Å². The van der Waals surface area contributed by atoms with Crippen molar-refractivity contribution in [1.82, 2.24) is 0 Å². The Kier molecular flexibility index (Phi) is 8.90. The van der Waals surface area contributed by atoms with Crippen LogP contribution in [0, 0.1) is 0 Å². The first-order valence-corrected chi connectivity index (χ1v) is 6.12. The van der Waals surface area contributed by atoms with Crippen LogP contribution in [0.1, 0.15) is 15.7 Å².